The quantitative estimate of drug-likeness (QED) is 0.239. The molecule has 3 rings (SSSR count). The van der Waals surface area contributed by atoms with E-state index < -0.39 is 74.4 Å². The van der Waals surface area contributed by atoms with Gasteiger partial charge in [-0.2, -0.15) is 0 Å². The molecule has 10 atom stereocenters. The molecule has 2 aliphatic heterocycles. The van der Waals surface area contributed by atoms with Crippen LogP contribution in [0, 0.1) is 0 Å². The standard InChI is InChI=1S/C18H26O11/c19-5-9-11(22)13(24)14(25)18(28-9)29-17-12(23)10(6-20)27-16(15(17)26)7-2-1-3-8(21)4-7/h1-4,9-26H,5-6H2/t9-,10-,11-,12-,13+,14+,15-,16-,17+,18-/m1/s1. The van der Waals surface area contributed by atoms with Crippen molar-refractivity contribution in [2.24, 2.45) is 0 Å². The summed E-state index contributed by atoms with van der Waals surface area (Å²) >= 11 is 0. The summed E-state index contributed by atoms with van der Waals surface area (Å²) < 4.78 is 16.3. The van der Waals surface area contributed by atoms with Gasteiger partial charge in [0.05, 0.1) is 13.2 Å². The van der Waals surface area contributed by atoms with Gasteiger partial charge < -0.3 is 55.1 Å². The Bertz CT molecular complexity index is 671. The van der Waals surface area contributed by atoms with Crippen LogP contribution in [0.2, 0.25) is 0 Å². The van der Waals surface area contributed by atoms with Crippen molar-refractivity contribution in [2.75, 3.05) is 13.2 Å². The van der Waals surface area contributed by atoms with Crippen LogP contribution in [0.3, 0.4) is 0 Å². The molecular weight excluding hydrogens is 392 g/mol. The van der Waals surface area contributed by atoms with Crippen molar-refractivity contribution in [3.8, 4) is 5.75 Å². The molecule has 8 N–H and O–H groups in total. The SMILES string of the molecule is OC[C@H]1O[C@H](O[C@@H]2[C@H](O)[C@@H](c3cccc(O)c3)O[C@H](CO)[C@H]2O)[C@@H](O)[C@@H](O)[C@@H]1O. The Morgan fingerprint density at radius 3 is 2.07 bits per heavy atom. The molecule has 0 aliphatic carbocycles. The van der Waals surface area contributed by atoms with E-state index in [-0.39, 0.29) is 5.75 Å². The number of phenols is 1. The fourth-order valence-corrected chi connectivity index (χ4v) is 3.56. The number of ether oxygens (including phenoxy) is 3. The fraction of sp³-hybridized carbons (Fsp3) is 0.667. The van der Waals surface area contributed by atoms with Gasteiger partial charge in [0, 0.05) is 0 Å². The Kier molecular flexibility index (Phi) is 7.06. The highest BCUT2D eigenvalue weighted by molar-refractivity contribution is 5.30. The first kappa shape index (κ1) is 22.3. The summed E-state index contributed by atoms with van der Waals surface area (Å²) in [7, 11) is 0. The second kappa shape index (κ2) is 9.18. The lowest BCUT2D eigenvalue weighted by Gasteiger charge is -2.46. The molecule has 2 aliphatic rings. The Hall–Kier alpha value is -1.38. The van der Waals surface area contributed by atoms with Crippen LogP contribution in [0.4, 0.5) is 0 Å². The summed E-state index contributed by atoms with van der Waals surface area (Å²) in [5, 5.41) is 79.6. The smallest absolute Gasteiger partial charge is 0.187 e. The second-order valence-electron chi connectivity index (χ2n) is 7.15. The molecule has 0 spiro atoms. The summed E-state index contributed by atoms with van der Waals surface area (Å²) in [5.74, 6) is -0.0867. The van der Waals surface area contributed by atoms with Crippen molar-refractivity contribution in [3.05, 3.63) is 29.8 Å². The summed E-state index contributed by atoms with van der Waals surface area (Å²) in [6, 6.07) is 5.84. The number of aliphatic hydroxyl groups excluding tert-OH is 7. The van der Waals surface area contributed by atoms with Crippen LogP contribution >= 0.6 is 0 Å². The van der Waals surface area contributed by atoms with Gasteiger partial charge in [-0.25, -0.2) is 0 Å². The molecule has 0 saturated carbocycles. The maximum atomic E-state index is 10.7. The number of hydrogen-bond acceptors (Lipinski definition) is 11. The van der Waals surface area contributed by atoms with Gasteiger partial charge in [-0.15, -0.1) is 0 Å². The van der Waals surface area contributed by atoms with E-state index in [4.69, 9.17) is 14.2 Å². The molecule has 11 heteroatoms. The predicted octanol–water partition coefficient (Wildman–Crippen LogP) is -3.27. The van der Waals surface area contributed by atoms with E-state index in [1.165, 1.54) is 18.2 Å². The minimum Gasteiger partial charge on any atom is -0.508 e. The zero-order chi connectivity index (χ0) is 21.3. The van der Waals surface area contributed by atoms with Crippen molar-refractivity contribution < 1.29 is 55.1 Å². The Morgan fingerprint density at radius 2 is 1.45 bits per heavy atom. The van der Waals surface area contributed by atoms with Crippen LogP contribution in [0.1, 0.15) is 11.7 Å². The molecule has 164 valence electrons. The molecule has 0 unspecified atom stereocenters. The zero-order valence-electron chi connectivity index (χ0n) is 15.3. The molecule has 0 radical (unpaired) electrons. The first-order chi connectivity index (χ1) is 13.8. The third-order valence-corrected chi connectivity index (χ3v) is 5.20. The van der Waals surface area contributed by atoms with E-state index >= 15 is 0 Å². The zero-order valence-corrected chi connectivity index (χ0v) is 15.3. The molecule has 2 heterocycles. The highest BCUT2D eigenvalue weighted by Gasteiger charge is 2.50. The second-order valence-corrected chi connectivity index (χ2v) is 7.15. The normalized spacial score (nSPS) is 43.3. The maximum Gasteiger partial charge on any atom is 0.187 e. The van der Waals surface area contributed by atoms with Gasteiger partial charge in [-0.05, 0) is 17.7 Å². The molecule has 11 nitrogen and oxygen atoms in total. The van der Waals surface area contributed by atoms with E-state index in [9.17, 15) is 40.9 Å². The number of hydrogen-bond donors (Lipinski definition) is 8. The molecule has 2 saturated heterocycles. The monoisotopic (exact) mass is 418 g/mol. The van der Waals surface area contributed by atoms with E-state index in [2.05, 4.69) is 0 Å². The van der Waals surface area contributed by atoms with Crippen molar-refractivity contribution in [1.82, 2.24) is 0 Å². The first-order valence-corrected chi connectivity index (χ1v) is 9.15. The molecular formula is C18H26O11. The minimum atomic E-state index is -1.73. The highest BCUT2D eigenvalue weighted by atomic mass is 16.7. The fourth-order valence-electron chi connectivity index (χ4n) is 3.56. The van der Waals surface area contributed by atoms with Crippen LogP contribution in [-0.2, 0) is 14.2 Å². The topological polar surface area (TPSA) is 190 Å². The van der Waals surface area contributed by atoms with Gasteiger partial charge in [-0.3, -0.25) is 0 Å². The summed E-state index contributed by atoms with van der Waals surface area (Å²) in [6.07, 6.45) is -14.6. The van der Waals surface area contributed by atoms with E-state index in [0.717, 1.165) is 0 Å². The minimum absolute atomic E-state index is 0.0867. The van der Waals surface area contributed by atoms with E-state index in [1.807, 2.05) is 0 Å². The summed E-state index contributed by atoms with van der Waals surface area (Å²) in [4.78, 5) is 0. The first-order valence-electron chi connectivity index (χ1n) is 9.15. The lowest BCUT2D eigenvalue weighted by molar-refractivity contribution is -0.342. The van der Waals surface area contributed by atoms with Crippen molar-refractivity contribution in [2.45, 2.75) is 61.2 Å². The van der Waals surface area contributed by atoms with Crippen molar-refractivity contribution in [1.29, 1.82) is 0 Å². The van der Waals surface area contributed by atoms with Crippen LogP contribution in [0.5, 0.6) is 5.75 Å². The lowest BCUT2D eigenvalue weighted by atomic mass is 9.90. The van der Waals surface area contributed by atoms with Crippen molar-refractivity contribution >= 4 is 0 Å². The van der Waals surface area contributed by atoms with Gasteiger partial charge in [0.25, 0.3) is 0 Å². The molecule has 1 aromatic carbocycles. The number of aromatic hydroxyl groups is 1. The largest absolute Gasteiger partial charge is 0.508 e. The average molecular weight is 418 g/mol. The van der Waals surface area contributed by atoms with E-state index in [1.54, 1.807) is 6.07 Å². The van der Waals surface area contributed by atoms with Crippen LogP contribution in [0.25, 0.3) is 0 Å². The van der Waals surface area contributed by atoms with Gasteiger partial charge in [0.2, 0.25) is 0 Å². The van der Waals surface area contributed by atoms with Gasteiger partial charge in [-0.1, -0.05) is 12.1 Å². The summed E-state index contributed by atoms with van der Waals surface area (Å²) in [6.45, 7) is -1.29. The predicted molar refractivity (Wildman–Crippen MR) is 93.5 cm³/mol. The number of rotatable bonds is 5. The van der Waals surface area contributed by atoms with Crippen LogP contribution < -0.4 is 0 Å². The Balaban J connectivity index is 1.84. The Morgan fingerprint density at radius 1 is 0.793 bits per heavy atom. The van der Waals surface area contributed by atoms with Crippen LogP contribution in [-0.4, -0.2) is 109 Å². The third kappa shape index (κ3) is 4.39. The van der Waals surface area contributed by atoms with Gasteiger partial charge in [0.15, 0.2) is 6.29 Å². The van der Waals surface area contributed by atoms with Gasteiger partial charge >= 0.3 is 0 Å². The Labute approximate surface area is 165 Å². The molecule has 0 aromatic heterocycles. The van der Waals surface area contributed by atoms with Gasteiger partial charge in [0.1, 0.15) is 60.7 Å². The van der Waals surface area contributed by atoms with E-state index in [0.29, 0.717) is 5.56 Å². The number of phenolic OH excluding ortho intramolecular Hbond substituents is 1. The molecule has 0 bridgehead atoms. The molecule has 2 fully saturated rings. The number of benzene rings is 1. The third-order valence-electron chi connectivity index (χ3n) is 5.20. The molecule has 1 aromatic rings. The molecule has 0 amide bonds. The lowest BCUT2D eigenvalue weighted by Crippen LogP contribution is -2.63. The average Bonchev–Trinajstić information content (AvgIpc) is 2.71. The highest BCUT2D eigenvalue weighted by Crippen LogP contribution is 2.36. The summed E-state index contributed by atoms with van der Waals surface area (Å²) in [5.41, 5.74) is 0.352. The van der Waals surface area contributed by atoms with Crippen molar-refractivity contribution in [3.63, 3.8) is 0 Å². The molecule has 29 heavy (non-hydrogen) atoms. The van der Waals surface area contributed by atoms with Crippen LogP contribution in [0.15, 0.2) is 24.3 Å². The number of aliphatic hydroxyl groups is 7. The maximum absolute atomic E-state index is 10.7.